The predicted molar refractivity (Wildman–Crippen MR) is 78.6 cm³/mol. The number of carboxylic acids is 1. The summed E-state index contributed by atoms with van der Waals surface area (Å²) >= 11 is 0. The maximum Gasteiger partial charge on any atom is 0.305 e. The second-order valence-corrected chi connectivity index (χ2v) is 4.47. The number of carboxylic acid groups (broad SMARTS) is 1. The molecule has 0 aliphatic carbocycles. The van der Waals surface area contributed by atoms with Crippen molar-refractivity contribution in [2.24, 2.45) is 0 Å². The van der Waals surface area contributed by atoms with E-state index in [1.54, 1.807) is 13.1 Å². The molecule has 0 radical (unpaired) electrons. The first kappa shape index (κ1) is 15.8. The number of nitrogens with two attached hydrogens (primary N) is 1. The number of hydrogen-bond acceptors (Lipinski definition) is 4. The number of benzene rings is 1. The molecular formula is C14H21N3O3. The average Bonchev–Trinajstić information content (AvgIpc) is 2.43. The quantitative estimate of drug-likeness (QED) is 0.619. The number of carbonyl (C=O) groups excluding carboxylic acids is 1. The standard InChI is InChI=1S/C14H21N3O3/c1-16-13(18)7-4-9-17(10-8-14(19)20)12-6-3-2-5-11(12)15/h2-3,5-6H,4,7-10,15H2,1H3,(H,16,18)(H,19,20). The Labute approximate surface area is 118 Å². The topological polar surface area (TPSA) is 95.7 Å². The third-order valence-corrected chi connectivity index (χ3v) is 2.98. The number of nitrogens with one attached hydrogen (secondary N) is 1. The molecule has 0 spiro atoms. The molecule has 0 bridgehead atoms. The van der Waals surface area contributed by atoms with E-state index in [1.807, 2.05) is 23.1 Å². The molecule has 6 nitrogen and oxygen atoms in total. The zero-order valence-electron chi connectivity index (χ0n) is 11.6. The van der Waals surface area contributed by atoms with Gasteiger partial charge in [0.1, 0.15) is 0 Å². The second-order valence-electron chi connectivity index (χ2n) is 4.47. The molecule has 6 heteroatoms. The molecule has 0 fully saturated rings. The lowest BCUT2D eigenvalue weighted by atomic mass is 10.2. The third-order valence-electron chi connectivity index (χ3n) is 2.98. The predicted octanol–water partition coefficient (Wildman–Crippen LogP) is 1.08. The molecule has 1 aromatic carbocycles. The Morgan fingerprint density at radius 3 is 2.55 bits per heavy atom. The molecular weight excluding hydrogens is 258 g/mol. The van der Waals surface area contributed by atoms with E-state index in [0.717, 1.165) is 5.69 Å². The van der Waals surface area contributed by atoms with Crippen LogP contribution in [0.2, 0.25) is 0 Å². The summed E-state index contributed by atoms with van der Waals surface area (Å²) in [4.78, 5) is 23.8. The van der Waals surface area contributed by atoms with Gasteiger partial charge in [0.05, 0.1) is 17.8 Å². The van der Waals surface area contributed by atoms with Crippen molar-refractivity contribution >= 4 is 23.3 Å². The van der Waals surface area contributed by atoms with Crippen LogP contribution in [0.1, 0.15) is 19.3 Å². The van der Waals surface area contributed by atoms with Crippen molar-refractivity contribution in [1.29, 1.82) is 0 Å². The van der Waals surface area contributed by atoms with Crippen LogP contribution in [0.5, 0.6) is 0 Å². The van der Waals surface area contributed by atoms with Gasteiger partial charge in [-0.15, -0.1) is 0 Å². The van der Waals surface area contributed by atoms with Gasteiger partial charge >= 0.3 is 5.97 Å². The minimum absolute atomic E-state index is 0.0239. The lowest BCUT2D eigenvalue weighted by molar-refractivity contribution is -0.136. The highest BCUT2D eigenvalue weighted by atomic mass is 16.4. The highest BCUT2D eigenvalue weighted by molar-refractivity contribution is 5.75. The summed E-state index contributed by atoms with van der Waals surface area (Å²) in [6.45, 7) is 0.964. The summed E-state index contributed by atoms with van der Waals surface area (Å²) in [7, 11) is 1.60. The van der Waals surface area contributed by atoms with Gasteiger partial charge in [-0.1, -0.05) is 12.1 Å². The first-order valence-corrected chi connectivity index (χ1v) is 6.56. The van der Waals surface area contributed by atoms with E-state index in [-0.39, 0.29) is 12.3 Å². The van der Waals surface area contributed by atoms with Crippen LogP contribution < -0.4 is 16.0 Å². The summed E-state index contributed by atoms with van der Waals surface area (Å²) in [5.74, 6) is -0.875. The minimum atomic E-state index is -0.851. The van der Waals surface area contributed by atoms with Gasteiger partial charge in [0, 0.05) is 26.6 Å². The van der Waals surface area contributed by atoms with Crippen molar-refractivity contribution in [2.45, 2.75) is 19.3 Å². The number of rotatable bonds is 8. The van der Waals surface area contributed by atoms with E-state index in [1.165, 1.54) is 0 Å². The molecule has 1 amide bonds. The Balaban J connectivity index is 2.67. The fraction of sp³-hybridized carbons (Fsp3) is 0.429. The molecule has 0 saturated heterocycles. The number of carbonyl (C=O) groups is 2. The number of nitrogen functional groups attached to an aromatic ring is 1. The lowest BCUT2D eigenvalue weighted by Crippen LogP contribution is -2.29. The van der Waals surface area contributed by atoms with Gasteiger partial charge in [0.15, 0.2) is 0 Å². The number of hydrogen-bond donors (Lipinski definition) is 3. The first-order chi connectivity index (χ1) is 9.54. The molecule has 0 atom stereocenters. The lowest BCUT2D eigenvalue weighted by Gasteiger charge is -2.25. The fourth-order valence-corrected chi connectivity index (χ4v) is 1.91. The molecule has 0 saturated carbocycles. The van der Waals surface area contributed by atoms with Crippen molar-refractivity contribution in [3.05, 3.63) is 24.3 Å². The van der Waals surface area contributed by atoms with Crippen molar-refractivity contribution in [3.8, 4) is 0 Å². The number of para-hydroxylation sites is 2. The zero-order valence-corrected chi connectivity index (χ0v) is 11.6. The van der Waals surface area contributed by atoms with Crippen LogP contribution in [0.25, 0.3) is 0 Å². The van der Waals surface area contributed by atoms with Gasteiger partial charge in [-0.25, -0.2) is 0 Å². The molecule has 4 N–H and O–H groups in total. The van der Waals surface area contributed by atoms with Gasteiger partial charge < -0.3 is 21.1 Å². The molecule has 1 rings (SSSR count). The minimum Gasteiger partial charge on any atom is -0.481 e. The number of amides is 1. The van der Waals surface area contributed by atoms with Crippen LogP contribution >= 0.6 is 0 Å². The number of aliphatic carboxylic acids is 1. The van der Waals surface area contributed by atoms with Crippen LogP contribution in [-0.2, 0) is 9.59 Å². The van der Waals surface area contributed by atoms with Gasteiger partial charge in [0.25, 0.3) is 0 Å². The van der Waals surface area contributed by atoms with Crippen molar-refractivity contribution < 1.29 is 14.7 Å². The summed E-state index contributed by atoms with van der Waals surface area (Å²) in [6, 6.07) is 7.33. The molecule has 20 heavy (non-hydrogen) atoms. The average molecular weight is 279 g/mol. The first-order valence-electron chi connectivity index (χ1n) is 6.56. The molecule has 110 valence electrons. The van der Waals surface area contributed by atoms with Crippen LogP contribution in [0.15, 0.2) is 24.3 Å². The molecule has 0 aromatic heterocycles. The maximum absolute atomic E-state index is 11.2. The van der Waals surface area contributed by atoms with Crippen molar-refractivity contribution in [2.75, 3.05) is 30.8 Å². The van der Waals surface area contributed by atoms with E-state index in [0.29, 0.717) is 31.6 Å². The van der Waals surface area contributed by atoms with Crippen molar-refractivity contribution in [1.82, 2.24) is 5.32 Å². The molecule has 0 aliphatic rings. The summed E-state index contributed by atoms with van der Waals surface area (Å²) < 4.78 is 0. The normalized spacial score (nSPS) is 10.1. The number of anilines is 2. The Kier molecular flexibility index (Phi) is 6.36. The van der Waals surface area contributed by atoms with Gasteiger partial charge in [-0.3, -0.25) is 9.59 Å². The summed E-state index contributed by atoms with van der Waals surface area (Å²) in [6.07, 6.45) is 1.09. The Bertz CT molecular complexity index is 463. The largest absolute Gasteiger partial charge is 0.481 e. The fourth-order valence-electron chi connectivity index (χ4n) is 1.91. The van der Waals surface area contributed by atoms with E-state index < -0.39 is 5.97 Å². The number of nitrogens with zero attached hydrogens (tertiary/aromatic N) is 1. The van der Waals surface area contributed by atoms with E-state index in [9.17, 15) is 9.59 Å². The Morgan fingerprint density at radius 1 is 1.25 bits per heavy atom. The van der Waals surface area contributed by atoms with Gasteiger partial charge in [-0.05, 0) is 18.6 Å². The SMILES string of the molecule is CNC(=O)CCCN(CCC(=O)O)c1ccccc1N. The van der Waals surface area contributed by atoms with Crippen LogP contribution in [0.3, 0.4) is 0 Å². The monoisotopic (exact) mass is 279 g/mol. The highest BCUT2D eigenvalue weighted by Crippen LogP contribution is 2.23. The highest BCUT2D eigenvalue weighted by Gasteiger charge is 2.11. The Morgan fingerprint density at radius 2 is 1.95 bits per heavy atom. The Hall–Kier alpha value is -2.24. The van der Waals surface area contributed by atoms with Gasteiger partial charge in [0.2, 0.25) is 5.91 Å². The van der Waals surface area contributed by atoms with Crippen LogP contribution in [-0.4, -0.2) is 37.1 Å². The molecule has 1 aromatic rings. The van der Waals surface area contributed by atoms with Gasteiger partial charge in [-0.2, -0.15) is 0 Å². The molecule has 0 aliphatic heterocycles. The van der Waals surface area contributed by atoms with Crippen molar-refractivity contribution in [3.63, 3.8) is 0 Å². The smallest absolute Gasteiger partial charge is 0.305 e. The maximum atomic E-state index is 11.2. The molecule has 0 heterocycles. The second kappa shape index (κ2) is 8.04. The summed E-state index contributed by atoms with van der Waals surface area (Å²) in [5.41, 5.74) is 7.34. The molecule has 0 unspecified atom stereocenters. The van der Waals surface area contributed by atoms with E-state index >= 15 is 0 Å². The zero-order chi connectivity index (χ0) is 15.0. The van der Waals surface area contributed by atoms with E-state index in [2.05, 4.69) is 5.32 Å². The van der Waals surface area contributed by atoms with Crippen LogP contribution in [0.4, 0.5) is 11.4 Å². The summed E-state index contributed by atoms with van der Waals surface area (Å²) in [5, 5.41) is 11.4. The van der Waals surface area contributed by atoms with E-state index in [4.69, 9.17) is 10.8 Å². The van der Waals surface area contributed by atoms with Crippen LogP contribution in [0, 0.1) is 0 Å². The third kappa shape index (κ3) is 5.17.